The minimum Gasteiger partial charge on any atom is -0.462 e. The molecule has 0 unspecified atom stereocenters. The van der Waals surface area contributed by atoms with Gasteiger partial charge in [0, 0.05) is 0 Å². The van der Waals surface area contributed by atoms with Crippen LogP contribution < -0.4 is 9.44 Å². The van der Waals surface area contributed by atoms with Gasteiger partial charge in [-0.15, -0.1) is 0 Å². The zero-order chi connectivity index (χ0) is 15.9. The van der Waals surface area contributed by atoms with Crippen LogP contribution >= 0.6 is 0 Å². The molecule has 0 aliphatic carbocycles. The first-order valence-corrected chi connectivity index (χ1v) is 7.52. The van der Waals surface area contributed by atoms with Crippen LogP contribution in [0.5, 0.6) is 0 Å². The summed E-state index contributed by atoms with van der Waals surface area (Å²) in [6, 6.07) is 5.57. The Morgan fingerprint density at radius 2 is 1.81 bits per heavy atom. The molecule has 0 fully saturated rings. The molecule has 0 radical (unpaired) electrons. The van der Waals surface area contributed by atoms with Crippen LogP contribution in [-0.4, -0.2) is 34.2 Å². The minimum absolute atomic E-state index is 0.179. The largest absolute Gasteiger partial charge is 0.462 e. The van der Waals surface area contributed by atoms with Crippen LogP contribution in [0.25, 0.3) is 0 Å². The zero-order valence-corrected chi connectivity index (χ0v) is 12.4. The molecule has 0 heterocycles. The summed E-state index contributed by atoms with van der Waals surface area (Å²) in [6.45, 7) is 2.19. The van der Waals surface area contributed by atoms with E-state index in [1.165, 1.54) is 24.3 Å². The van der Waals surface area contributed by atoms with Gasteiger partial charge in [-0.3, -0.25) is 4.72 Å². The lowest BCUT2D eigenvalue weighted by Gasteiger charge is -2.09. The Balaban J connectivity index is 2.70. The van der Waals surface area contributed by atoms with E-state index in [9.17, 15) is 18.0 Å². The topological polar surface area (TPSA) is 111 Å². The van der Waals surface area contributed by atoms with Crippen molar-refractivity contribution < 1.29 is 27.5 Å². The highest BCUT2D eigenvalue weighted by Gasteiger charge is 2.14. The third kappa shape index (κ3) is 5.69. The quantitative estimate of drug-likeness (QED) is 0.765. The molecule has 1 rings (SSSR count). The lowest BCUT2D eigenvalue weighted by Crippen LogP contribution is -2.35. The highest BCUT2D eigenvalue weighted by atomic mass is 32.2. The van der Waals surface area contributed by atoms with Gasteiger partial charge in [0.15, 0.2) is 0 Å². The number of benzene rings is 1. The van der Waals surface area contributed by atoms with Crippen molar-refractivity contribution >= 4 is 28.0 Å². The van der Waals surface area contributed by atoms with Crippen molar-refractivity contribution in [2.24, 2.45) is 0 Å². The Labute approximate surface area is 122 Å². The molecule has 8 nitrogen and oxygen atoms in total. The number of ether oxygens (including phenoxy) is 2. The maximum absolute atomic E-state index is 11.6. The fourth-order valence-electron chi connectivity index (χ4n) is 1.28. The third-order valence-electron chi connectivity index (χ3n) is 2.21. The van der Waals surface area contributed by atoms with Gasteiger partial charge in [0.2, 0.25) is 0 Å². The Morgan fingerprint density at radius 1 is 1.19 bits per heavy atom. The van der Waals surface area contributed by atoms with Gasteiger partial charge in [-0.05, 0) is 30.7 Å². The van der Waals surface area contributed by atoms with E-state index in [0.717, 1.165) is 7.11 Å². The number of nitrogens with one attached hydrogen (secondary N) is 2. The first kappa shape index (κ1) is 16.8. The molecule has 21 heavy (non-hydrogen) atoms. The maximum Gasteiger partial charge on any atom is 0.422 e. The first-order chi connectivity index (χ1) is 9.88. The van der Waals surface area contributed by atoms with Crippen LogP contribution in [0, 0.1) is 0 Å². The molecule has 1 amide bonds. The summed E-state index contributed by atoms with van der Waals surface area (Å²) >= 11 is 0. The van der Waals surface area contributed by atoms with Crippen molar-refractivity contribution in [1.29, 1.82) is 0 Å². The highest BCUT2D eigenvalue weighted by molar-refractivity contribution is 7.91. The van der Waals surface area contributed by atoms with E-state index in [4.69, 9.17) is 4.74 Å². The van der Waals surface area contributed by atoms with Gasteiger partial charge >= 0.3 is 22.3 Å². The summed E-state index contributed by atoms with van der Waals surface area (Å²) in [7, 11) is -3.04. The van der Waals surface area contributed by atoms with Gasteiger partial charge < -0.3 is 9.47 Å². The average Bonchev–Trinajstić information content (AvgIpc) is 2.44. The Hall–Kier alpha value is -2.29. The molecule has 2 N–H and O–H groups in total. The Kier molecular flexibility index (Phi) is 5.97. The average molecular weight is 316 g/mol. The lowest BCUT2D eigenvalue weighted by molar-refractivity contribution is 0.0505. The highest BCUT2D eigenvalue weighted by Crippen LogP contribution is 2.12. The van der Waals surface area contributed by atoms with Crippen molar-refractivity contribution in [2.75, 3.05) is 18.4 Å². The van der Waals surface area contributed by atoms with E-state index in [2.05, 4.69) is 9.46 Å². The molecular formula is C12H16N2O6S. The second-order valence-corrected chi connectivity index (χ2v) is 5.33. The van der Waals surface area contributed by atoms with E-state index >= 15 is 0 Å². The smallest absolute Gasteiger partial charge is 0.422 e. The molecule has 0 aliphatic rings. The summed E-state index contributed by atoms with van der Waals surface area (Å²) in [6.07, 6.45) is -0.398. The molecular weight excluding hydrogens is 300 g/mol. The molecule has 9 heteroatoms. The van der Waals surface area contributed by atoms with Crippen molar-refractivity contribution in [1.82, 2.24) is 4.72 Å². The number of carbonyl (C=O) groups excluding carboxylic acids is 2. The molecule has 0 atom stereocenters. The van der Waals surface area contributed by atoms with Gasteiger partial charge in [-0.2, -0.15) is 8.42 Å². The molecule has 116 valence electrons. The second kappa shape index (κ2) is 7.48. The SMILES string of the molecule is CCCOC(=O)c1ccc(NS(=O)(=O)NC(=O)OC)cc1. The summed E-state index contributed by atoms with van der Waals surface area (Å²) in [5, 5.41) is 0. The minimum atomic E-state index is -4.08. The van der Waals surface area contributed by atoms with Crippen LogP contribution in [0.15, 0.2) is 24.3 Å². The number of rotatable bonds is 6. The fourth-order valence-corrected chi connectivity index (χ4v) is 2.08. The molecule has 0 spiro atoms. The fraction of sp³-hybridized carbons (Fsp3) is 0.333. The summed E-state index contributed by atoms with van der Waals surface area (Å²) in [5.41, 5.74) is 0.478. The molecule has 0 saturated carbocycles. The van der Waals surface area contributed by atoms with E-state index in [1.807, 2.05) is 6.92 Å². The predicted octanol–water partition coefficient (Wildman–Crippen LogP) is 1.27. The summed E-state index contributed by atoms with van der Waals surface area (Å²) < 4.78 is 35.9. The van der Waals surface area contributed by atoms with Crippen LogP contribution in [0.4, 0.5) is 10.5 Å². The summed E-state index contributed by atoms with van der Waals surface area (Å²) in [4.78, 5) is 22.4. The molecule has 1 aromatic carbocycles. The standard InChI is InChI=1S/C12H16N2O6S/c1-3-8-20-11(15)9-4-6-10(7-5-9)13-21(17,18)14-12(16)19-2/h4-7,13H,3,8H2,1-2H3,(H,14,16). The molecule has 1 aromatic rings. The zero-order valence-electron chi connectivity index (χ0n) is 11.6. The number of anilines is 1. The van der Waals surface area contributed by atoms with Gasteiger partial charge in [0.05, 0.1) is 25.0 Å². The normalized spacial score (nSPS) is 10.6. The van der Waals surface area contributed by atoms with Gasteiger partial charge in [-0.1, -0.05) is 6.92 Å². The van der Waals surface area contributed by atoms with Crippen molar-refractivity contribution in [3.8, 4) is 0 Å². The first-order valence-electron chi connectivity index (χ1n) is 6.03. The lowest BCUT2D eigenvalue weighted by atomic mass is 10.2. The molecule has 0 aliphatic heterocycles. The van der Waals surface area contributed by atoms with Gasteiger partial charge in [-0.25, -0.2) is 14.3 Å². The Bertz CT molecular complexity index is 597. The van der Waals surface area contributed by atoms with Gasteiger partial charge in [0.1, 0.15) is 0 Å². The van der Waals surface area contributed by atoms with E-state index in [1.54, 1.807) is 4.72 Å². The number of hydrogen-bond donors (Lipinski definition) is 2. The molecule has 0 bridgehead atoms. The number of amides is 1. The van der Waals surface area contributed by atoms with Crippen molar-refractivity contribution in [2.45, 2.75) is 13.3 Å². The Morgan fingerprint density at radius 3 is 2.33 bits per heavy atom. The van der Waals surface area contributed by atoms with Crippen LogP contribution in [0.3, 0.4) is 0 Å². The number of methoxy groups -OCH3 is 1. The second-order valence-electron chi connectivity index (χ2n) is 3.91. The van der Waals surface area contributed by atoms with E-state index in [0.29, 0.717) is 18.6 Å². The van der Waals surface area contributed by atoms with E-state index in [-0.39, 0.29) is 5.69 Å². The van der Waals surface area contributed by atoms with Crippen LogP contribution in [-0.2, 0) is 19.7 Å². The molecule has 0 saturated heterocycles. The monoisotopic (exact) mass is 316 g/mol. The third-order valence-corrected chi connectivity index (χ3v) is 3.15. The number of carbonyl (C=O) groups is 2. The molecule has 0 aromatic heterocycles. The summed E-state index contributed by atoms with van der Waals surface area (Å²) in [5.74, 6) is -0.487. The van der Waals surface area contributed by atoms with E-state index < -0.39 is 22.3 Å². The maximum atomic E-state index is 11.6. The van der Waals surface area contributed by atoms with Crippen LogP contribution in [0.1, 0.15) is 23.7 Å². The predicted molar refractivity (Wildman–Crippen MR) is 75.1 cm³/mol. The van der Waals surface area contributed by atoms with Crippen molar-refractivity contribution in [3.63, 3.8) is 0 Å². The number of esters is 1. The van der Waals surface area contributed by atoms with Crippen molar-refractivity contribution in [3.05, 3.63) is 29.8 Å². The van der Waals surface area contributed by atoms with Crippen LogP contribution in [0.2, 0.25) is 0 Å². The number of hydrogen-bond acceptors (Lipinski definition) is 6. The van der Waals surface area contributed by atoms with Gasteiger partial charge in [0.25, 0.3) is 0 Å².